The average Bonchev–Trinajstić information content (AvgIpc) is 2.93. The van der Waals surface area contributed by atoms with Crippen LogP contribution in [0.15, 0.2) is 10.9 Å². The quantitative estimate of drug-likeness (QED) is 0.792. The number of carbonyl (C=O) groups excluding carboxylic acids is 1. The normalized spacial score (nSPS) is 13.8. The Hall–Kier alpha value is -2.11. The van der Waals surface area contributed by atoms with E-state index in [0.717, 1.165) is 30.5 Å². The molecule has 2 aromatic heterocycles. The Morgan fingerprint density at radius 2 is 2.39 bits per heavy atom. The van der Waals surface area contributed by atoms with E-state index >= 15 is 0 Å². The predicted molar refractivity (Wildman–Crippen MR) is 63.8 cm³/mol. The highest BCUT2D eigenvalue weighted by molar-refractivity contribution is 5.88. The fourth-order valence-corrected chi connectivity index (χ4v) is 2.38. The number of fused-ring (bicyclic) bond motifs is 3. The molecule has 0 amide bonds. The molecular formula is C12H13N3O3. The third kappa shape index (κ3) is 1.53. The molecule has 0 aliphatic heterocycles. The number of aryl methyl sites for hydroxylation is 1. The number of hydrogen-bond acceptors (Lipinski definition) is 4. The van der Waals surface area contributed by atoms with Crippen LogP contribution in [0.2, 0.25) is 0 Å². The monoisotopic (exact) mass is 247 g/mol. The highest BCUT2D eigenvalue weighted by atomic mass is 16.5. The molecule has 0 atom stereocenters. The topological polar surface area (TPSA) is 76.5 Å². The Morgan fingerprint density at radius 3 is 3.17 bits per heavy atom. The highest BCUT2D eigenvalue weighted by Gasteiger charge is 2.21. The van der Waals surface area contributed by atoms with Gasteiger partial charge in [-0.2, -0.15) is 5.10 Å². The van der Waals surface area contributed by atoms with Gasteiger partial charge in [-0.05, 0) is 26.2 Å². The molecule has 0 unspecified atom stereocenters. The summed E-state index contributed by atoms with van der Waals surface area (Å²) in [5, 5.41) is 4.22. The molecule has 18 heavy (non-hydrogen) atoms. The molecular weight excluding hydrogens is 234 g/mol. The van der Waals surface area contributed by atoms with Crippen LogP contribution in [0, 0.1) is 0 Å². The number of H-pyrrole nitrogens is 1. The van der Waals surface area contributed by atoms with Crippen LogP contribution in [0.5, 0.6) is 0 Å². The Bertz CT molecular complexity index is 684. The highest BCUT2D eigenvalue weighted by Crippen LogP contribution is 2.19. The molecule has 0 radical (unpaired) electrons. The van der Waals surface area contributed by atoms with E-state index in [1.807, 2.05) is 0 Å². The van der Waals surface area contributed by atoms with Crippen molar-refractivity contribution in [2.24, 2.45) is 0 Å². The van der Waals surface area contributed by atoms with E-state index in [9.17, 15) is 9.59 Å². The van der Waals surface area contributed by atoms with Crippen molar-refractivity contribution in [2.45, 2.75) is 26.2 Å². The molecule has 3 rings (SSSR count). The summed E-state index contributed by atoms with van der Waals surface area (Å²) in [4.78, 5) is 26.2. The van der Waals surface area contributed by atoms with Crippen LogP contribution < -0.4 is 5.56 Å². The van der Waals surface area contributed by atoms with Gasteiger partial charge >= 0.3 is 5.97 Å². The number of rotatable bonds is 2. The zero-order chi connectivity index (χ0) is 12.7. The smallest absolute Gasteiger partial charge is 0.358 e. The summed E-state index contributed by atoms with van der Waals surface area (Å²) in [7, 11) is 0. The summed E-state index contributed by atoms with van der Waals surface area (Å²) < 4.78 is 6.55. The molecule has 6 heteroatoms. The van der Waals surface area contributed by atoms with Crippen molar-refractivity contribution in [3.8, 4) is 0 Å². The van der Waals surface area contributed by atoms with E-state index < -0.39 is 5.97 Å². The average molecular weight is 247 g/mol. The first kappa shape index (κ1) is 11.0. The van der Waals surface area contributed by atoms with Gasteiger partial charge in [0.1, 0.15) is 5.65 Å². The zero-order valence-corrected chi connectivity index (χ0v) is 10.0. The van der Waals surface area contributed by atoms with Gasteiger partial charge in [-0.15, -0.1) is 0 Å². The van der Waals surface area contributed by atoms with Gasteiger partial charge in [0.15, 0.2) is 5.69 Å². The van der Waals surface area contributed by atoms with Crippen molar-refractivity contribution in [3.63, 3.8) is 0 Å². The van der Waals surface area contributed by atoms with Crippen LogP contribution in [-0.2, 0) is 17.6 Å². The molecule has 6 nitrogen and oxygen atoms in total. The first-order valence-corrected chi connectivity index (χ1v) is 6.01. The molecule has 2 aromatic rings. The number of nitrogens with one attached hydrogen (secondary N) is 1. The van der Waals surface area contributed by atoms with Gasteiger partial charge in [-0.1, -0.05) is 0 Å². The molecule has 0 saturated carbocycles. The van der Waals surface area contributed by atoms with Crippen LogP contribution >= 0.6 is 0 Å². The SMILES string of the molecule is CCOC(=O)c1cc2[nH]c(=O)c3c(n2n1)CCC3. The third-order valence-corrected chi connectivity index (χ3v) is 3.15. The van der Waals surface area contributed by atoms with Crippen LogP contribution in [0.1, 0.15) is 35.1 Å². The predicted octanol–water partition coefficient (Wildman–Crippen LogP) is 0.688. The number of aromatic amines is 1. The number of aromatic nitrogens is 3. The molecule has 0 bridgehead atoms. The van der Waals surface area contributed by atoms with Gasteiger partial charge in [0.2, 0.25) is 0 Å². The second-order valence-corrected chi connectivity index (χ2v) is 4.28. The molecule has 2 heterocycles. The summed E-state index contributed by atoms with van der Waals surface area (Å²) in [5.74, 6) is -0.464. The summed E-state index contributed by atoms with van der Waals surface area (Å²) in [6.07, 6.45) is 2.54. The van der Waals surface area contributed by atoms with E-state index in [4.69, 9.17) is 4.74 Å². The maximum Gasteiger partial charge on any atom is 0.358 e. The van der Waals surface area contributed by atoms with Gasteiger partial charge in [0, 0.05) is 11.6 Å². The van der Waals surface area contributed by atoms with E-state index in [2.05, 4.69) is 10.1 Å². The van der Waals surface area contributed by atoms with Crippen LogP contribution in [-0.4, -0.2) is 27.2 Å². The van der Waals surface area contributed by atoms with E-state index in [-0.39, 0.29) is 11.3 Å². The fraction of sp³-hybridized carbons (Fsp3) is 0.417. The van der Waals surface area contributed by atoms with Crippen LogP contribution in [0.4, 0.5) is 0 Å². The minimum atomic E-state index is -0.464. The minimum absolute atomic E-state index is 0.0784. The summed E-state index contributed by atoms with van der Waals surface area (Å²) in [5.41, 5.74) is 2.38. The molecule has 1 N–H and O–H groups in total. The maximum atomic E-state index is 11.8. The number of carbonyl (C=O) groups is 1. The van der Waals surface area contributed by atoms with Gasteiger partial charge in [-0.25, -0.2) is 9.31 Å². The molecule has 94 valence electrons. The van der Waals surface area contributed by atoms with Crippen LogP contribution in [0.3, 0.4) is 0 Å². The standard InChI is InChI=1S/C12H13N3O3/c1-2-18-12(17)8-6-10-13-11(16)7-4-3-5-9(7)15(10)14-8/h6H,2-5H2,1H3,(H,13,16). The first-order chi connectivity index (χ1) is 8.70. The summed E-state index contributed by atoms with van der Waals surface area (Å²) in [6.45, 7) is 2.05. The van der Waals surface area contributed by atoms with Crippen LogP contribution in [0.25, 0.3) is 5.65 Å². The summed E-state index contributed by atoms with van der Waals surface area (Å²) in [6, 6.07) is 1.55. The lowest BCUT2D eigenvalue weighted by Gasteiger charge is -2.01. The molecule has 1 aliphatic carbocycles. The van der Waals surface area contributed by atoms with Crippen molar-refractivity contribution in [1.82, 2.24) is 14.6 Å². The lowest BCUT2D eigenvalue weighted by atomic mass is 10.2. The van der Waals surface area contributed by atoms with Gasteiger partial charge in [0.25, 0.3) is 5.56 Å². The number of esters is 1. The minimum Gasteiger partial charge on any atom is -0.461 e. The van der Waals surface area contributed by atoms with Gasteiger partial charge in [-0.3, -0.25) is 4.79 Å². The Balaban J connectivity index is 2.18. The van der Waals surface area contributed by atoms with E-state index in [1.54, 1.807) is 17.5 Å². The third-order valence-electron chi connectivity index (χ3n) is 3.15. The number of nitrogens with zero attached hydrogens (tertiary/aromatic N) is 2. The largest absolute Gasteiger partial charge is 0.461 e. The van der Waals surface area contributed by atoms with Crippen molar-refractivity contribution in [3.05, 3.63) is 33.4 Å². The first-order valence-electron chi connectivity index (χ1n) is 6.01. The Morgan fingerprint density at radius 1 is 1.56 bits per heavy atom. The molecule has 0 aromatic carbocycles. The Kier molecular flexibility index (Phi) is 2.43. The van der Waals surface area contributed by atoms with E-state index in [0.29, 0.717) is 12.3 Å². The van der Waals surface area contributed by atoms with Crippen molar-refractivity contribution in [2.75, 3.05) is 6.61 Å². The van der Waals surface area contributed by atoms with E-state index in [1.165, 1.54) is 0 Å². The lowest BCUT2D eigenvalue weighted by molar-refractivity contribution is 0.0519. The van der Waals surface area contributed by atoms with Gasteiger partial charge < -0.3 is 9.72 Å². The lowest BCUT2D eigenvalue weighted by Crippen LogP contribution is -2.16. The van der Waals surface area contributed by atoms with Gasteiger partial charge in [0.05, 0.1) is 12.3 Å². The molecule has 1 aliphatic rings. The Labute approximate surface area is 103 Å². The fourth-order valence-electron chi connectivity index (χ4n) is 2.38. The second-order valence-electron chi connectivity index (χ2n) is 4.28. The van der Waals surface area contributed by atoms with Crippen molar-refractivity contribution >= 4 is 11.6 Å². The number of hydrogen-bond donors (Lipinski definition) is 1. The maximum absolute atomic E-state index is 11.8. The summed E-state index contributed by atoms with van der Waals surface area (Å²) >= 11 is 0. The molecule has 0 saturated heterocycles. The molecule has 0 fully saturated rings. The zero-order valence-electron chi connectivity index (χ0n) is 10.0. The van der Waals surface area contributed by atoms with Crippen molar-refractivity contribution in [1.29, 1.82) is 0 Å². The second kappa shape index (κ2) is 3.97. The van der Waals surface area contributed by atoms with Crippen molar-refractivity contribution < 1.29 is 9.53 Å². The molecule has 0 spiro atoms. The number of ether oxygens (including phenoxy) is 1.